The van der Waals surface area contributed by atoms with E-state index in [0.717, 1.165) is 77.0 Å². The van der Waals surface area contributed by atoms with Crippen LogP contribution in [0.2, 0.25) is 0 Å². The van der Waals surface area contributed by atoms with E-state index in [2.05, 4.69) is 74.6 Å². The van der Waals surface area contributed by atoms with Crippen LogP contribution in [0, 0.1) is 0 Å². The molecule has 2 atom stereocenters. The number of likely N-dealkylation sites (N-methyl/N-ethyl adjacent to an activating group) is 1. The van der Waals surface area contributed by atoms with Crippen molar-refractivity contribution in [1.29, 1.82) is 0 Å². The smallest absolute Gasteiger partial charge is 0.462 e. The van der Waals surface area contributed by atoms with Gasteiger partial charge in [0.2, 0.25) is 0 Å². The second kappa shape index (κ2) is 40.1. The number of nitrogens with zero attached hydrogens (tertiary/aromatic N) is 1. The summed E-state index contributed by atoms with van der Waals surface area (Å²) in [5, 5.41) is 0. The van der Waals surface area contributed by atoms with Gasteiger partial charge in [-0.05, 0) is 83.5 Å². The predicted octanol–water partition coefficient (Wildman–Crippen LogP) is 13.2. The van der Waals surface area contributed by atoms with Crippen molar-refractivity contribution in [2.24, 2.45) is 0 Å². The van der Waals surface area contributed by atoms with Gasteiger partial charge in [-0.2, -0.15) is 0 Å². The zero-order valence-corrected chi connectivity index (χ0v) is 38.7. The third-order valence-electron chi connectivity index (χ3n) is 9.52. The van der Waals surface area contributed by atoms with Crippen LogP contribution in [0.3, 0.4) is 0 Å². The Morgan fingerprint density at radius 2 is 0.931 bits per heavy atom. The molecule has 1 N–H and O–H groups in total. The van der Waals surface area contributed by atoms with E-state index in [9.17, 15) is 19.0 Å². The topological polar surface area (TPSA) is 108 Å². The van der Waals surface area contributed by atoms with Crippen LogP contribution in [0.15, 0.2) is 60.8 Å². The Morgan fingerprint density at radius 1 is 0.534 bits per heavy atom. The van der Waals surface area contributed by atoms with Crippen molar-refractivity contribution in [3.05, 3.63) is 60.8 Å². The predicted molar refractivity (Wildman–Crippen MR) is 243 cm³/mol. The number of phosphoric acid groups is 1. The molecule has 0 heterocycles. The van der Waals surface area contributed by atoms with Crippen molar-refractivity contribution in [3.8, 4) is 0 Å². The van der Waals surface area contributed by atoms with Gasteiger partial charge in [-0.15, -0.1) is 0 Å². The molecule has 1 unspecified atom stereocenters. The van der Waals surface area contributed by atoms with E-state index < -0.39 is 26.5 Å². The number of ether oxygens (including phenoxy) is 2. The summed E-state index contributed by atoms with van der Waals surface area (Å²) in [6.45, 7) is 4.33. The van der Waals surface area contributed by atoms with Gasteiger partial charge in [0.25, 0.3) is 0 Å². The Labute approximate surface area is 356 Å². The molecule has 9 nitrogen and oxygen atoms in total. The minimum Gasteiger partial charge on any atom is -0.462 e. The fraction of sp³-hybridized carbons (Fsp3) is 0.750. The zero-order valence-electron chi connectivity index (χ0n) is 37.8. The number of phosphoric ester groups is 1. The van der Waals surface area contributed by atoms with Gasteiger partial charge >= 0.3 is 19.8 Å². The second-order valence-corrected chi connectivity index (χ2v) is 17.9. The molecule has 0 saturated heterocycles. The lowest BCUT2D eigenvalue weighted by Gasteiger charge is -2.24. The Kier molecular flexibility index (Phi) is 38.5. The van der Waals surface area contributed by atoms with Gasteiger partial charge in [0.1, 0.15) is 19.8 Å². The van der Waals surface area contributed by atoms with Crippen LogP contribution in [0.4, 0.5) is 0 Å². The standard InChI is InChI=1S/C48H86NO8P/c1-6-8-10-12-14-16-18-20-22-23-24-25-27-29-31-33-35-37-39-41-48(51)57-46(45-56-58(52,53)55-43-42-49(3,4)5)44-54-47(50)40-38-36-34-32-30-28-26-21-19-17-15-13-11-9-7-2/h14,16,20-22,24-26,29,31,46H,6-13,15,17-19,23,27-28,30,32-45H2,1-5H3/p+1/b16-14+,22-20+,25-24+,26-21+,31-29+/t46-/m1/s1. The number of carbonyl (C=O) groups is 2. The number of hydrogen-bond donors (Lipinski definition) is 1. The number of hydrogen-bond acceptors (Lipinski definition) is 7. The number of allylic oxidation sites excluding steroid dienone is 10. The lowest BCUT2D eigenvalue weighted by molar-refractivity contribution is -0.870. The minimum atomic E-state index is -4.39. The lowest BCUT2D eigenvalue weighted by atomic mass is 10.1. The zero-order chi connectivity index (χ0) is 42.8. The van der Waals surface area contributed by atoms with Gasteiger partial charge in [-0.1, -0.05) is 145 Å². The minimum absolute atomic E-state index is 0.0216. The van der Waals surface area contributed by atoms with Crippen LogP contribution >= 0.6 is 7.82 Å². The van der Waals surface area contributed by atoms with Crippen LogP contribution in [0.1, 0.15) is 181 Å². The molecule has 0 fully saturated rings. The molecule has 0 radical (unpaired) electrons. The van der Waals surface area contributed by atoms with Crippen molar-refractivity contribution < 1.29 is 42.1 Å². The van der Waals surface area contributed by atoms with E-state index in [1.807, 2.05) is 21.1 Å². The van der Waals surface area contributed by atoms with E-state index in [1.54, 1.807) is 0 Å². The van der Waals surface area contributed by atoms with Crippen LogP contribution in [-0.2, 0) is 32.7 Å². The Hall–Kier alpha value is -2.29. The molecule has 0 aliphatic rings. The van der Waals surface area contributed by atoms with Crippen molar-refractivity contribution in [3.63, 3.8) is 0 Å². The molecular weight excluding hydrogens is 750 g/mol. The number of rotatable bonds is 41. The third-order valence-corrected chi connectivity index (χ3v) is 10.5. The normalized spacial score (nSPS) is 14.1. The molecule has 0 aliphatic carbocycles. The Bertz CT molecular complexity index is 1170. The SMILES string of the molecule is CCCCC/C=C/C/C=C/C/C=C/C/C=C/CCCCCC(=O)O[C@H](COC(=O)CCCCCCC/C=C/CCCCCCCC)COP(=O)(O)OCC[N+](C)(C)C. The van der Waals surface area contributed by atoms with Gasteiger partial charge in [-0.25, -0.2) is 4.57 Å². The summed E-state index contributed by atoms with van der Waals surface area (Å²) in [4.78, 5) is 35.4. The molecule has 336 valence electrons. The van der Waals surface area contributed by atoms with Crippen LogP contribution in [0.25, 0.3) is 0 Å². The summed E-state index contributed by atoms with van der Waals surface area (Å²) < 4.78 is 34.3. The van der Waals surface area contributed by atoms with Crippen molar-refractivity contribution in [2.45, 2.75) is 187 Å². The fourth-order valence-electron chi connectivity index (χ4n) is 5.87. The highest BCUT2D eigenvalue weighted by Crippen LogP contribution is 2.43. The largest absolute Gasteiger partial charge is 0.472 e. The first-order valence-electron chi connectivity index (χ1n) is 23.0. The van der Waals surface area contributed by atoms with Crippen molar-refractivity contribution in [2.75, 3.05) is 47.5 Å². The molecule has 0 spiro atoms. The van der Waals surface area contributed by atoms with Gasteiger partial charge < -0.3 is 18.9 Å². The van der Waals surface area contributed by atoms with Crippen molar-refractivity contribution in [1.82, 2.24) is 0 Å². The summed E-state index contributed by atoms with van der Waals surface area (Å²) in [7, 11) is 1.44. The summed E-state index contributed by atoms with van der Waals surface area (Å²) in [5.41, 5.74) is 0. The summed E-state index contributed by atoms with van der Waals surface area (Å²) >= 11 is 0. The average molecular weight is 837 g/mol. The molecule has 0 aromatic rings. The molecule has 0 rings (SSSR count). The van der Waals surface area contributed by atoms with E-state index in [1.165, 1.54) is 70.6 Å². The van der Waals surface area contributed by atoms with E-state index in [0.29, 0.717) is 17.4 Å². The average Bonchev–Trinajstić information content (AvgIpc) is 3.17. The highest BCUT2D eigenvalue weighted by molar-refractivity contribution is 7.47. The molecule has 0 bridgehead atoms. The summed E-state index contributed by atoms with van der Waals surface area (Å²) in [5.74, 6) is -0.847. The number of unbranched alkanes of at least 4 members (excludes halogenated alkanes) is 17. The molecule has 0 aliphatic heterocycles. The summed E-state index contributed by atoms with van der Waals surface area (Å²) in [6, 6.07) is 0. The number of carbonyl (C=O) groups excluding carboxylic acids is 2. The Balaban J connectivity index is 4.43. The molecule has 58 heavy (non-hydrogen) atoms. The molecular formula is C48H87NO8P+. The van der Waals surface area contributed by atoms with Gasteiger partial charge in [0, 0.05) is 12.8 Å². The highest BCUT2D eigenvalue weighted by atomic mass is 31.2. The quantitative estimate of drug-likeness (QED) is 0.0213. The van der Waals surface area contributed by atoms with Gasteiger partial charge in [0.15, 0.2) is 6.10 Å². The van der Waals surface area contributed by atoms with E-state index in [4.69, 9.17) is 18.5 Å². The Morgan fingerprint density at radius 3 is 1.45 bits per heavy atom. The number of esters is 2. The van der Waals surface area contributed by atoms with Crippen molar-refractivity contribution >= 4 is 19.8 Å². The first-order chi connectivity index (χ1) is 28.0. The molecule has 0 aromatic heterocycles. The van der Waals surface area contributed by atoms with Crippen LogP contribution < -0.4 is 0 Å². The van der Waals surface area contributed by atoms with Gasteiger partial charge in [0.05, 0.1) is 27.7 Å². The van der Waals surface area contributed by atoms with E-state index in [-0.39, 0.29) is 32.0 Å². The summed E-state index contributed by atoms with van der Waals surface area (Å²) in [6.07, 6.45) is 48.4. The maximum Gasteiger partial charge on any atom is 0.472 e. The molecule has 0 aromatic carbocycles. The van der Waals surface area contributed by atoms with Crippen LogP contribution in [-0.4, -0.2) is 74.9 Å². The van der Waals surface area contributed by atoms with E-state index >= 15 is 0 Å². The molecule has 10 heteroatoms. The van der Waals surface area contributed by atoms with Gasteiger partial charge in [-0.3, -0.25) is 18.6 Å². The lowest BCUT2D eigenvalue weighted by Crippen LogP contribution is -2.37. The maximum atomic E-state index is 12.7. The molecule has 0 saturated carbocycles. The maximum absolute atomic E-state index is 12.7. The molecule has 0 amide bonds. The highest BCUT2D eigenvalue weighted by Gasteiger charge is 2.27. The van der Waals surface area contributed by atoms with Crippen LogP contribution in [0.5, 0.6) is 0 Å². The monoisotopic (exact) mass is 837 g/mol. The second-order valence-electron chi connectivity index (χ2n) is 16.4. The first-order valence-corrected chi connectivity index (χ1v) is 24.5. The number of quaternary nitrogens is 1. The fourth-order valence-corrected chi connectivity index (χ4v) is 6.61. The first kappa shape index (κ1) is 55.7. The third kappa shape index (κ3) is 43.3.